The molecule has 1 fully saturated rings. The predicted molar refractivity (Wildman–Crippen MR) is 84.7 cm³/mol. The summed E-state index contributed by atoms with van der Waals surface area (Å²) in [5, 5.41) is 5.95. The molecule has 21 heavy (non-hydrogen) atoms. The number of ether oxygens (including phenoxy) is 1. The maximum Gasteiger partial charge on any atom is 0.315 e. The van der Waals surface area contributed by atoms with E-state index < -0.39 is 0 Å². The van der Waals surface area contributed by atoms with Crippen molar-refractivity contribution in [3.05, 3.63) is 29.8 Å². The van der Waals surface area contributed by atoms with Crippen LogP contribution in [0.25, 0.3) is 0 Å². The monoisotopic (exact) mass is 290 g/mol. The number of benzene rings is 1. The third kappa shape index (κ3) is 5.66. The van der Waals surface area contributed by atoms with Crippen LogP contribution >= 0.6 is 0 Å². The van der Waals surface area contributed by atoms with E-state index in [1.807, 2.05) is 38.1 Å². The van der Waals surface area contributed by atoms with Gasteiger partial charge in [0.1, 0.15) is 5.75 Å². The van der Waals surface area contributed by atoms with Gasteiger partial charge in [0.15, 0.2) is 0 Å². The van der Waals surface area contributed by atoms with E-state index in [0.717, 1.165) is 25.0 Å². The second kappa shape index (κ2) is 7.91. The van der Waals surface area contributed by atoms with Crippen molar-refractivity contribution in [2.24, 2.45) is 0 Å². The average Bonchev–Trinajstić information content (AvgIpc) is 2.93. The molecule has 0 unspecified atom stereocenters. The molecule has 1 aliphatic rings. The lowest BCUT2D eigenvalue weighted by molar-refractivity contribution is 0.237. The van der Waals surface area contributed by atoms with E-state index in [-0.39, 0.29) is 12.1 Å². The highest BCUT2D eigenvalue weighted by Crippen LogP contribution is 2.17. The number of hydrogen-bond acceptors (Lipinski definition) is 2. The number of carbonyl (C=O) groups is 1. The maximum atomic E-state index is 11.7. The number of nitrogens with one attached hydrogen (secondary N) is 2. The standard InChI is InChI=1S/C17H26N2O2/c1-13(2)21-16-9-7-14(8-10-16)11-12-18-17(20)19-15-5-3-4-6-15/h7-10,13,15H,3-6,11-12H2,1-2H3,(H2,18,19,20). The first-order valence-electron chi connectivity index (χ1n) is 7.93. The van der Waals surface area contributed by atoms with E-state index in [0.29, 0.717) is 12.6 Å². The van der Waals surface area contributed by atoms with Crippen LogP contribution in [-0.2, 0) is 6.42 Å². The quantitative estimate of drug-likeness (QED) is 0.845. The van der Waals surface area contributed by atoms with Crippen molar-refractivity contribution >= 4 is 6.03 Å². The second-order valence-electron chi connectivity index (χ2n) is 5.94. The first-order chi connectivity index (χ1) is 10.1. The molecule has 1 aromatic carbocycles. The Morgan fingerprint density at radius 1 is 1.24 bits per heavy atom. The molecule has 0 bridgehead atoms. The Hall–Kier alpha value is -1.71. The number of amides is 2. The summed E-state index contributed by atoms with van der Waals surface area (Å²) in [4.78, 5) is 11.7. The van der Waals surface area contributed by atoms with Crippen LogP contribution in [0.4, 0.5) is 4.79 Å². The fourth-order valence-corrected chi connectivity index (χ4v) is 2.63. The molecule has 0 radical (unpaired) electrons. The van der Waals surface area contributed by atoms with Gasteiger partial charge in [0, 0.05) is 12.6 Å². The molecule has 2 amide bonds. The highest BCUT2D eigenvalue weighted by Gasteiger charge is 2.16. The minimum Gasteiger partial charge on any atom is -0.491 e. The van der Waals surface area contributed by atoms with Gasteiger partial charge in [-0.05, 0) is 50.8 Å². The van der Waals surface area contributed by atoms with Crippen molar-refractivity contribution < 1.29 is 9.53 Å². The van der Waals surface area contributed by atoms with Crippen molar-refractivity contribution in [3.63, 3.8) is 0 Å². The fraction of sp³-hybridized carbons (Fsp3) is 0.588. The third-order valence-electron chi connectivity index (χ3n) is 3.68. The van der Waals surface area contributed by atoms with Gasteiger partial charge in [-0.3, -0.25) is 0 Å². The molecular formula is C17H26N2O2. The van der Waals surface area contributed by atoms with E-state index in [4.69, 9.17) is 4.74 Å². The van der Waals surface area contributed by atoms with Gasteiger partial charge >= 0.3 is 6.03 Å². The number of carbonyl (C=O) groups excluding carboxylic acids is 1. The van der Waals surface area contributed by atoms with Gasteiger partial charge in [-0.1, -0.05) is 25.0 Å². The lowest BCUT2D eigenvalue weighted by atomic mass is 10.1. The van der Waals surface area contributed by atoms with Crippen LogP contribution < -0.4 is 15.4 Å². The van der Waals surface area contributed by atoms with E-state index in [2.05, 4.69) is 10.6 Å². The van der Waals surface area contributed by atoms with Crippen LogP contribution in [0, 0.1) is 0 Å². The second-order valence-corrected chi connectivity index (χ2v) is 5.94. The van der Waals surface area contributed by atoms with Crippen LogP contribution in [0.5, 0.6) is 5.75 Å². The topological polar surface area (TPSA) is 50.4 Å². The van der Waals surface area contributed by atoms with Gasteiger partial charge in [0.2, 0.25) is 0 Å². The van der Waals surface area contributed by atoms with Crippen molar-refractivity contribution in [2.75, 3.05) is 6.54 Å². The Bertz CT molecular complexity index is 437. The molecule has 0 aromatic heterocycles. The summed E-state index contributed by atoms with van der Waals surface area (Å²) in [5.41, 5.74) is 1.20. The van der Waals surface area contributed by atoms with E-state index in [9.17, 15) is 4.79 Å². The number of rotatable bonds is 6. The summed E-state index contributed by atoms with van der Waals surface area (Å²) < 4.78 is 5.61. The van der Waals surface area contributed by atoms with Crippen molar-refractivity contribution in [2.45, 2.75) is 58.1 Å². The zero-order valence-electron chi connectivity index (χ0n) is 13.0. The van der Waals surface area contributed by atoms with Crippen LogP contribution in [0.2, 0.25) is 0 Å². The number of urea groups is 1. The summed E-state index contributed by atoms with van der Waals surface area (Å²) in [6, 6.07) is 8.39. The minimum absolute atomic E-state index is 0.0401. The molecule has 0 heterocycles. The Balaban J connectivity index is 1.66. The molecule has 4 heteroatoms. The fourth-order valence-electron chi connectivity index (χ4n) is 2.63. The predicted octanol–water partition coefficient (Wildman–Crippen LogP) is 3.26. The van der Waals surface area contributed by atoms with Crippen LogP contribution in [0.15, 0.2) is 24.3 Å². The molecule has 0 atom stereocenters. The lowest BCUT2D eigenvalue weighted by Crippen LogP contribution is -2.41. The van der Waals surface area contributed by atoms with Crippen LogP contribution in [0.3, 0.4) is 0 Å². The Morgan fingerprint density at radius 2 is 1.90 bits per heavy atom. The van der Waals surface area contributed by atoms with Gasteiger partial charge in [0.05, 0.1) is 6.10 Å². The van der Waals surface area contributed by atoms with Crippen LogP contribution in [-0.4, -0.2) is 24.7 Å². The highest BCUT2D eigenvalue weighted by molar-refractivity contribution is 5.74. The van der Waals surface area contributed by atoms with E-state index in [1.54, 1.807) is 0 Å². The summed E-state index contributed by atoms with van der Waals surface area (Å²) in [7, 11) is 0. The third-order valence-corrected chi connectivity index (χ3v) is 3.68. The van der Waals surface area contributed by atoms with Gasteiger partial charge in [-0.2, -0.15) is 0 Å². The summed E-state index contributed by atoms with van der Waals surface area (Å²) in [6.07, 6.45) is 5.72. The summed E-state index contributed by atoms with van der Waals surface area (Å²) in [5.74, 6) is 0.890. The first-order valence-corrected chi connectivity index (χ1v) is 7.93. The largest absolute Gasteiger partial charge is 0.491 e. The van der Waals surface area contributed by atoms with Gasteiger partial charge in [0.25, 0.3) is 0 Å². The lowest BCUT2D eigenvalue weighted by Gasteiger charge is -2.13. The van der Waals surface area contributed by atoms with E-state index in [1.165, 1.54) is 18.4 Å². The van der Waals surface area contributed by atoms with Crippen molar-refractivity contribution in [3.8, 4) is 5.75 Å². The SMILES string of the molecule is CC(C)Oc1ccc(CCNC(=O)NC2CCCC2)cc1. The number of hydrogen-bond donors (Lipinski definition) is 2. The molecule has 0 aliphatic heterocycles. The Labute approximate surface area is 127 Å². The Kier molecular flexibility index (Phi) is 5.90. The molecule has 4 nitrogen and oxygen atoms in total. The minimum atomic E-state index is -0.0401. The summed E-state index contributed by atoms with van der Waals surface area (Å²) in [6.45, 7) is 4.69. The van der Waals surface area contributed by atoms with E-state index >= 15 is 0 Å². The van der Waals surface area contributed by atoms with Crippen molar-refractivity contribution in [1.82, 2.24) is 10.6 Å². The normalized spacial score (nSPS) is 15.2. The smallest absolute Gasteiger partial charge is 0.315 e. The van der Waals surface area contributed by atoms with Gasteiger partial charge in [-0.15, -0.1) is 0 Å². The molecule has 0 saturated heterocycles. The molecule has 2 rings (SSSR count). The first kappa shape index (κ1) is 15.7. The summed E-state index contributed by atoms with van der Waals surface area (Å²) >= 11 is 0. The molecule has 2 N–H and O–H groups in total. The maximum absolute atomic E-state index is 11.7. The molecule has 1 aliphatic carbocycles. The zero-order valence-corrected chi connectivity index (χ0v) is 13.0. The molecular weight excluding hydrogens is 264 g/mol. The molecule has 0 spiro atoms. The molecule has 1 saturated carbocycles. The van der Waals surface area contributed by atoms with Gasteiger partial charge in [-0.25, -0.2) is 4.79 Å². The zero-order chi connectivity index (χ0) is 15.1. The van der Waals surface area contributed by atoms with Crippen LogP contribution in [0.1, 0.15) is 45.1 Å². The Morgan fingerprint density at radius 3 is 2.52 bits per heavy atom. The molecule has 1 aromatic rings. The highest BCUT2D eigenvalue weighted by atomic mass is 16.5. The van der Waals surface area contributed by atoms with Gasteiger partial charge < -0.3 is 15.4 Å². The molecule has 116 valence electrons. The van der Waals surface area contributed by atoms with Crippen molar-refractivity contribution in [1.29, 1.82) is 0 Å². The average molecular weight is 290 g/mol.